The number of rotatable bonds is 6. The Bertz CT molecular complexity index is 175. The summed E-state index contributed by atoms with van der Waals surface area (Å²) in [6.45, 7) is 12.3. The summed E-state index contributed by atoms with van der Waals surface area (Å²) < 4.78 is 0. The molecule has 1 aliphatic carbocycles. The molecule has 14 heavy (non-hydrogen) atoms. The summed E-state index contributed by atoms with van der Waals surface area (Å²) in [5.41, 5.74) is 6.32. The summed E-state index contributed by atoms with van der Waals surface area (Å²) in [6.07, 6.45) is 1.38. The predicted octanol–water partition coefficient (Wildman–Crippen LogP) is 1.85. The van der Waals surface area contributed by atoms with Crippen LogP contribution in [0.3, 0.4) is 0 Å². The maximum atomic E-state index is 5.72. The zero-order valence-electron chi connectivity index (χ0n) is 10.1. The van der Waals surface area contributed by atoms with Gasteiger partial charge in [0.05, 0.1) is 0 Å². The van der Waals surface area contributed by atoms with Crippen LogP contribution in [0.1, 0.15) is 34.1 Å². The van der Waals surface area contributed by atoms with Gasteiger partial charge >= 0.3 is 0 Å². The number of nitrogens with two attached hydrogens (primary N) is 1. The van der Waals surface area contributed by atoms with Gasteiger partial charge in [0, 0.05) is 0 Å². The summed E-state index contributed by atoms with van der Waals surface area (Å²) in [5, 5.41) is 3.56. The molecule has 0 saturated heterocycles. The van der Waals surface area contributed by atoms with Crippen LogP contribution in [0.15, 0.2) is 0 Å². The van der Waals surface area contributed by atoms with E-state index in [2.05, 4.69) is 33.0 Å². The summed E-state index contributed by atoms with van der Waals surface area (Å²) >= 11 is 0. The smallest absolute Gasteiger partial charge is 0.000588 e. The molecule has 0 heterocycles. The molecule has 0 aromatic rings. The molecule has 0 aliphatic heterocycles. The van der Waals surface area contributed by atoms with E-state index in [-0.39, 0.29) is 0 Å². The van der Waals surface area contributed by atoms with Crippen LogP contribution < -0.4 is 11.1 Å². The Balaban J connectivity index is 2.09. The van der Waals surface area contributed by atoms with Crippen molar-refractivity contribution in [2.45, 2.75) is 34.1 Å². The van der Waals surface area contributed by atoms with Crippen LogP contribution in [0, 0.1) is 23.2 Å². The monoisotopic (exact) mass is 198 g/mol. The SMILES string of the molecule is CC(C)C(CN)CNCC1CC1(C)C. The molecule has 1 fully saturated rings. The van der Waals surface area contributed by atoms with E-state index in [4.69, 9.17) is 5.73 Å². The van der Waals surface area contributed by atoms with E-state index in [1.807, 2.05) is 0 Å². The van der Waals surface area contributed by atoms with Crippen LogP contribution in [-0.4, -0.2) is 19.6 Å². The highest BCUT2D eigenvalue weighted by Gasteiger charge is 2.44. The lowest BCUT2D eigenvalue weighted by Gasteiger charge is -2.19. The van der Waals surface area contributed by atoms with Crippen molar-refractivity contribution >= 4 is 0 Å². The normalized spacial score (nSPS) is 26.6. The van der Waals surface area contributed by atoms with E-state index in [0.29, 0.717) is 17.3 Å². The highest BCUT2D eigenvalue weighted by Crippen LogP contribution is 2.50. The summed E-state index contributed by atoms with van der Waals surface area (Å²) in [5.74, 6) is 2.23. The predicted molar refractivity (Wildman–Crippen MR) is 62.1 cm³/mol. The molecule has 0 aromatic carbocycles. The van der Waals surface area contributed by atoms with Crippen molar-refractivity contribution in [1.82, 2.24) is 5.32 Å². The third-order valence-corrected chi connectivity index (χ3v) is 3.76. The Morgan fingerprint density at radius 1 is 1.43 bits per heavy atom. The zero-order valence-corrected chi connectivity index (χ0v) is 10.1. The average Bonchev–Trinajstić information content (AvgIpc) is 2.67. The first-order chi connectivity index (χ1) is 6.47. The summed E-state index contributed by atoms with van der Waals surface area (Å²) in [6, 6.07) is 0. The minimum absolute atomic E-state index is 0.600. The largest absolute Gasteiger partial charge is 0.330 e. The van der Waals surface area contributed by atoms with Crippen molar-refractivity contribution in [2.24, 2.45) is 28.9 Å². The van der Waals surface area contributed by atoms with Gasteiger partial charge in [0.2, 0.25) is 0 Å². The minimum atomic E-state index is 0.600. The van der Waals surface area contributed by atoms with Crippen molar-refractivity contribution in [3.05, 3.63) is 0 Å². The topological polar surface area (TPSA) is 38.0 Å². The van der Waals surface area contributed by atoms with Crippen molar-refractivity contribution in [1.29, 1.82) is 0 Å². The first-order valence-electron chi connectivity index (χ1n) is 5.88. The molecule has 0 spiro atoms. The molecule has 2 unspecified atom stereocenters. The number of hydrogen-bond acceptors (Lipinski definition) is 2. The molecule has 0 bridgehead atoms. The minimum Gasteiger partial charge on any atom is -0.330 e. The van der Waals surface area contributed by atoms with Crippen LogP contribution >= 0.6 is 0 Å². The van der Waals surface area contributed by atoms with Gasteiger partial charge in [0.1, 0.15) is 0 Å². The first kappa shape index (κ1) is 12.0. The lowest BCUT2D eigenvalue weighted by molar-refractivity contribution is 0.364. The van der Waals surface area contributed by atoms with Gasteiger partial charge in [-0.25, -0.2) is 0 Å². The highest BCUT2D eigenvalue weighted by atomic mass is 14.9. The van der Waals surface area contributed by atoms with Gasteiger partial charge in [-0.1, -0.05) is 27.7 Å². The first-order valence-corrected chi connectivity index (χ1v) is 5.88. The Labute approximate surface area is 88.6 Å². The van der Waals surface area contributed by atoms with Crippen molar-refractivity contribution in [3.63, 3.8) is 0 Å². The molecule has 3 N–H and O–H groups in total. The van der Waals surface area contributed by atoms with Gasteiger partial charge in [-0.05, 0) is 49.2 Å². The molecular weight excluding hydrogens is 172 g/mol. The van der Waals surface area contributed by atoms with Gasteiger partial charge < -0.3 is 11.1 Å². The van der Waals surface area contributed by atoms with Gasteiger partial charge in [0.15, 0.2) is 0 Å². The number of nitrogens with one attached hydrogen (secondary N) is 1. The number of hydrogen-bond donors (Lipinski definition) is 2. The highest BCUT2D eigenvalue weighted by molar-refractivity contribution is 4.96. The van der Waals surface area contributed by atoms with E-state index in [9.17, 15) is 0 Å². The lowest BCUT2D eigenvalue weighted by Crippen LogP contribution is -2.33. The van der Waals surface area contributed by atoms with E-state index in [1.165, 1.54) is 13.0 Å². The van der Waals surface area contributed by atoms with E-state index in [1.54, 1.807) is 0 Å². The van der Waals surface area contributed by atoms with Crippen LogP contribution in [0.5, 0.6) is 0 Å². The fourth-order valence-electron chi connectivity index (χ4n) is 1.96. The molecule has 84 valence electrons. The van der Waals surface area contributed by atoms with E-state index < -0.39 is 0 Å². The van der Waals surface area contributed by atoms with E-state index >= 15 is 0 Å². The Hall–Kier alpha value is -0.0800. The molecule has 0 amide bonds. The third-order valence-electron chi connectivity index (χ3n) is 3.76. The van der Waals surface area contributed by atoms with Gasteiger partial charge in [-0.2, -0.15) is 0 Å². The molecule has 1 rings (SSSR count). The second kappa shape index (κ2) is 4.63. The maximum Gasteiger partial charge on any atom is -0.000588 e. The maximum absolute atomic E-state index is 5.72. The molecule has 1 aliphatic rings. The molecule has 2 heteroatoms. The third kappa shape index (κ3) is 3.25. The van der Waals surface area contributed by atoms with Gasteiger partial charge in [-0.3, -0.25) is 0 Å². The van der Waals surface area contributed by atoms with Crippen LogP contribution in [0.25, 0.3) is 0 Å². The summed E-state index contributed by atoms with van der Waals surface area (Å²) in [4.78, 5) is 0. The van der Waals surface area contributed by atoms with Gasteiger partial charge in [0.25, 0.3) is 0 Å². The van der Waals surface area contributed by atoms with Crippen molar-refractivity contribution in [3.8, 4) is 0 Å². The standard InChI is InChI=1S/C12H26N2/c1-9(2)10(6-13)7-14-8-11-5-12(11,3)4/h9-11,14H,5-8,13H2,1-4H3. The molecular formula is C12H26N2. The van der Waals surface area contributed by atoms with Crippen molar-refractivity contribution < 1.29 is 0 Å². The van der Waals surface area contributed by atoms with Crippen LogP contribution in [0.4, 0.5) is 0 Å². The molecule has 0 radical (unpaired) electrons. The fraction of sp³-hybridized carbons (Fsp3) is 1.00. The molecule has 2 nitrogen and oxygen atoms in total. The second-order valence-electron chi connectivity index (χ2n) is 5.79. The molecule has 2 atom stereocenters. The van der Waals surface area contributed by atoms with Crippen LogP contribution in [-0.2, 0) is 0 Å². The Kier molecular flexibility index (Phi) is 3.96. The zero-order chi connectivity index (χ0) is 10.8. The fourth-order valence-corrected chi connectivity index (χ4v) is 1.96. The quantitative estimate of drug-likeness (QED) is 0.683. The van der Waals surface area contributed by atoms with Crippen LogP contribution in [0.2, 0.25) is 0 Å². The summed E-state index contributed by atoms with van der Waals surface area (Å²) in [7, 11) is 0. The van der Waals surface area contributed by atoms with E-state index in [0.717, 1.165) is 19.0 Å². The van der Waals surface area contributed by atoms with Gasteiger partial charge in [-0.15, -0.1) is 0 Å². The second-order valence-corrected chi connectivity index (χ2v) is 5.79. The average molecular weight is 198 g/mol. The Morgan fingerprint density at radius 2 is 2.00 bits per heavy atom. The molecule has 1 saturated carbocycles. The molecule has 0 aromatic heterocycles. The Morgan fingerprint density at radius 3 is 2.36 bits per heavy atom. The van der Waals surface area contributed by atoms with Crippen molar-refractivity contribution in [2.75, 3.05) is 19.6 Å². The lowest BCUT2D eigenvalue weighted by atomic mass is 9.96.